The first-order valence-electron chi connectivity index (χ1n) is 8.39. The fourth-order valence-electron chi connectivity index (χ4n) is 2.26. The number of urea groups is 1. The second-order valence-electron chi connectivity index (χ2n) is 5.79. The van der Waals surface area contributed by atoms with Crippen molar-refractivity contribution in [2.45, 2.75) is 26.9 Å². The minimum atomic E-state index is -1.18. The lowest BCUT2D eigenvalue weighted by Gasteiger charge is -2.15. The maximum absolute atomic E-state index is 12.0. The number of benzene rings is 1. The first kappa shape index (κ1) is 21.7. The smallest absolute Gasteiger partial charge is 0.344 e. The number of pyridine rings is 1. The summed E-state index contributed by atoms with van der Waals surface area (Å²) >= 11 is 12.3. The van der Waals surface area contributed by atoms with Crippen molar-refractivity contribution < 1.29 is 23.9 Å². The van der Waals surface area contributed by atoms with Gasteiger partial charge >= 0.3 is 12.0 Å². The fourth-order valence-corrected chi connectivity index (χ4v) is 2.83. The number of imide groups is 1. The number of halogens is 2. The van der Waals surface area contributed by atoms with Crippen molar-refractivity contribution >= 4 is 52.0 Å². The fraction of sp³-hybridized carbons (Fsp3) is 0.333. The first-order valence-corrected chi connectivity index (χ1v) is 9.14. The molecule has 3 amide bonds. The van der Waals surface area contributed by atoms with Gasteiger partial charge in [-0.3, -0.25) is 10.1 Å². The minimum Gasteiger partial charge on any atom is -0.478 e. The SMILES string of the molecule is CCNC(=O)NC(=O)C(C)OC(=O)COc1c(Cl)cc(Cl)c2ccc(C)nc12. The van der Waals surface area contributed by atoms with Crippen LogP contribution in [-0.4, -0.2) is 42.1 Å². The van der Waals surface area contributed by atoms with Gasteiger partial charge in [-0.25, -0.2) is 14.6 Å². The highest BCUT2D eigenvalue weighted by Gasteiger charge is 2.21. The molecule has 1 aromatic carbocycles. The molecule has 0 saturated heterocycles. The Bertz CT molecular complexity index is 920. The molecule has 0 bridgehead atoms. The van der Waals surface area contributed by atoms with E-state index in [4.69, 9.17) is 32.7 Å². The normalized spacial score (nSPS) is 11.6. The number of nitrogens with one attached hydrogen (secondary N) is 2. The van der Waals surface area contributed by atoms with Crippen LogP contribution >= 0.6 is 23.2 Å². The third-order valence-corrected chi connectivity index (χ3v) is 4.16. The van der Waals surface area contributed by atoms with Crippen LogP contribution in [0.25, 0.3) is 10.9 Å². The average Bonchev–Trinajstić information content (AvgIpc) is 2.61. The molecule has 2 rings (SSSR count). The lowest BCUT2D eigenvalue weighted by Crippen LogP contribution is -2.44. The molecule has 1 atom stereocenters. The summed E-state index contributed by atoms with van der Waals surface area (Å²) in [4.78, 5) is 39.5. The Morgan fingerprint density at radius 2 is 1.93 bits per heavy atom. The number of carbonyl (C=O) groups is 3. The van der Waals surface area contributed by atoms with Gasteiger partial charge < -0.3 is 14.8 Å². The Morgan fingerprint density at radius 3 is 2.61 bits per heavy atom. The molecular formula is C18H19Cl2N3O5. The topological polar surface area (TPSA) is 107 Å². The van der Waals surface area contributed by atoms with E-state index in [1.54, 1.807) is 26.0 Å². The first-order chi connectivity index (χ1) is 13.2. The van der Waals surface area contributed by atoms with Gasteiger partial charge in [-0.1, -0.05) is 23.2 Å². The maximum atomic E-state index is 12.0. The standard InChI is InChI=1S/C18H19Cl2N3O5/c1-4-21-18(26)23-17(25)10(3)28-14(24)8-27-16-13(20)7-12(19)11-6-5-9(2)22-15(11)16/h5-7,10H,4,8H2,1-3H3,(H2,21,23,25,26). The van der Waals surface area contributed by atoms with Crippen LogP contribution < -0.4 is 15.4 Å². The second-order valence-corrected chi connectivity index (χ2v) is 6.60. The summed E-state index contributed by atoms with van der Waals surface area (Å²) in [7, 11) is 0. The summed E-state index contributed by atoms with van der Waals surface area (Å²) in [5.74, 6) is -1.39. The second kappa shape index (κ2) is 9.57. The minimum absolute atomic E-state index is 0.182. The van der Waals surface area contributed by atoms with Gasteiger partial charge in [0.25, 0.3) is 5.91 Å². The van der Waals surface area contributed by atoms with Crippen LogP contribution in [0.2, 0.25) is 10.0 Å². The number of aromatic nitrogens is 1. The summed E-state index contributed by atoms with van der Waals surface area (Å²) in [6.07, 6.45) is -1.18. The van der Waals surface area contributed by atoms with E-state index in [9.17, 15) is 14.4 Å². The van der Waals surface area contributed by atoms with Crippen molar-refractivity contribution in [1.29, 1.82) is 0 Å². The number of hydrogen-bond donors (Lipinski definition) is 2. The van der Waals surface area contributed by atoms with E-state index in [2.05, 4.69) is 15.6 Å². The van der Waals surface area contributed by atoms with Crippen molar-refractivity contribution in [2.24, 2.45) is 0 Å². The van der Waals surface area contributed by atoms with Gasteiger partial charge in [-0.15, -0.1) is 0 Å². The molecule has 1 unspecified atom stereocenters. The van der Waals surface area contributed by atoms with Crippen molar-refractivity contribution in [3.63, 3.8) is 0 Å². The Hall–Kier alpha value is -2.58. The summed E-state index contributed by atoms with van der Waals surface area (Å²) in [5, 5.41) is 5.65. The molecule has 0 aliphatic heterocycles. The predicted molar refractivity (Wildman–Crippen MR) is 105 cm³/mol. The van der Waals surface area contributed by atoms with E-state index in [0.717, 1.165) is 0 Å². The van der Waals surface area contributed by atoms with Gasteiger partial charge in [0.05, 0.1) is 10.0 Å². The number of aryl methyl sites for hydroxylation is 1. The summed E-state index contributed by atoms with van der Waals surface area (Å²) < 4.78 is 10.5. The highest BCUT2D eigenvalue weighted by atomic mass is 35.5. The molecule has 1 aromatic heterocycles. The maximum Gasteiger partial charge on any atom is 0.344 e. The number of fused-ring (bicyclic) bond motifs is 1. The molecule has 2 N–H and O–H groups in total. The third-order valence-electron chi connectivity index (χ3n) is 3.56. The molecular weight excluding hydrogens is 409 g/mol. The molecule has 0 aliphatic rings. The van der Waals surface area contributed by atoms with E-state index in [-0.39, 0.29) is 10.8 Å². The van der Waals surface area contributed by atoms with E-state index in [1.807, 2.05) is 0 Å². The van der Waals surface area contributed by atoms with Gasteiger partial charge in [0.15, 0.2) is 18.5 Å². The number of amides is 3. The highest BCUT2D eigenvalue weighted by molar-refractivity contribution is 6.39. The summed E-state index contributed by atoms with van der Waals surface area (Å²) in [6.45, 7) is 4.67. The van der Waals surface area contributed by atoms with Crippen LogP contribution in [0.15, 0.2) is 18.2 Å². The molecule has 10 heteroatoms. The van der Waals surface area contributed by atoms with Gasteiger partial charge in [0.1, 0.15) is 5.52 Å². The zero-order chi connectivity index (χ0) is 20.8. The van der Waals surface area contributed by atoms with E-state index < -0.39 is 30.6 Å². The third kappa shape index (κ3) is 5.46. The van der Waals surface area contributed by atoms with Crippen LogP contribution in [-0.2, 0) is 14.3 Å². The molecule has 0 fully saturated rings. The Morgan fingerprint density at radius 1 is 1.21 bits per heavy atom. The average molecular weight is 428 g/mol. The largest absolute Gasteiger partial charge is 0.478 e. The zero-order valence-corrected chi connectivity index (χ0v) is 17.0. The number of carbonyl (C=O) groups excluding carboxylic acids is 3. The van der Waals surface area contributed by atoms with Crippen LogP contribution in [0, 0.1) is 6.92 Å². The van der Waals surface area contributed by atoms with Crippen LogP contribution in [0.3, 0.4) is 0 Å². The summed E-state index contributed by atoms with van der Waals surface area (Å²) in [6, 6.07) is 4.38. The quantitative estimate of drug-likeness (QED) is 0.686. The van der Waals surface area contributed by atoms with Gasteiger partial charge in [0, 0.05) is 17.6 Å². The van der Waals surface area contributed by atoms with Crippen LogP contribution in [0.1, 0.15) is 19.5 Å². The predicted octanol–water partition coefficient (Wildman–Crippen LogP) is 3.01. The number of esters is 1. The van der Waals surface area contributed by atoms with Crippen molar-refractivity contribution in [3.05, 3.63) is 33.9 Å². The number of nitrogens with zero attached hydrogens (tertiary/aromatic N) is 1. The van der Waals surface area contributed by atoms with Crippen LogP contribution in [0.4, 0.5) is 4.79 Å². The molecule has 0 spiro atoms. The number of ether oxygens (including phenoxy) is 2. The van der Waals surface area contributed by atoms with Gasteiger partial charge in [-0.2, -0.15) is 0 Å². The molecule has 2 aromatic rings. The molecule has 28 heavy (non-hydrogen) atoms. The molecule has 0 radical (unpaired) electrons. The van der Waals surface area contributed by atoms with Crippen molar-refractivity contribution in [1.82, 2.24) is 15.6 Å². The number of hydrogen-bond acceptors (Lipinski definition) is 6. The Kier molecular flexibility index (Phi) is 7.42. The van der Waals surface area contributed by atoms with E-state index >= 15 is 0 Å². The van der Waals surface area contributed by atoms with E-state index in [0.29, 0.717) is 28.2 Å². The Labute approximate surface area is 171 Å². The highest BCUT2D eigenvalue weighted by Crippen LogP contribution is 2.37. The lowest BCUT2D eigenvalue weighted by molar-refractivity contribution is -0.156. The molecule has 1 heterocycles. The monoisotopic (exact) mass is 427 g/mol. The Balaban J connectivity index is 2.04. The molecule has 8 nitrogen and oxygen atoms in total. The number of rotatable bonds is 6. The zero-order valence-electron chi connectivity index (χ0n) is 15.5. The molecule has 150 valence electrons. The van der Waals surface area contributed by atoms with Gasteiger partial charge in [0.2, 0.25) is 0 Å². The molecule has 0 saturated carbocycles. The van der Waals surface area contributed by atoms with Crippen molar-refractivity contribution in [3.8, 4) is 5.75 Å². The van der Waals surface area contributed by atoms with Crippen LogP contribution in [0.5, 0.6) is 5.75 Å². The van der Waals surface area contributed by atoms with Crippen molar-refractivity contribution in [2.75, 3.05) is 13.2 Å². The summed E-state index contributed by atoms with van der Waals surface area (Å²) in [5.41, 5.74) is 1.13. The van der Waals surface area contributed by atoms with Gasteiger partial charge in [-0.05, 0) is 39.0 Å². The lowest BCUT2D eigenvalue weighted by atomic mass is 10.2. The molecule has 0 aliphatic carbocycles. The van der Waals surface area contributed by atoms with E-state index in [1.165, 1.54) is 13.0 Å².